The molecule has 7 heteroatoms. The molecule has 0 unspecified atom stereocenters. The van der Waals surface area contributed by atoms with Gasteiger partial charge in [-0.25, -0.2) is 16.8 Å². The van der Waals surface area contributed by atoms with Gasteiger partial charge in [-0.1, -0.05) is 26.7 Å². The molecular formula is C12H26O4S3. The summed E-state index contributed by atoms with van der Waals surface area (Å²) in [5.74, 6) is 1.81. The number of thioether (sulfide) groups is 1. The molecule has 0 radical (unpaired) electrons. The van der Waals surface area contributed by atoms with Crippen LogP contribution in [0.1, 0.15) is 39.5 Å². The average molecular weight is 331 g/mol. The maximum Gasteiger partial charge on any atom is 0.151 e. The van der Waals surface area contributed by atoms with Crippen LogP contribution in [0.2, 0.25) is 0 Å². The lowest BCUT2D eigenvalue weighted by molar-refractivity contribution is 0.593. The van der Waals surface area contributed by atoms with E-state index in [1.165, 1.54) is 11.8 Å². The van der Waals surface area contributed by atoms with E-state index in [0.29, 0.717) is 24.3 Å². The van der Waals surface area contributed by atoms with Crippen LogP contribution in [0.4, 0.5) is 0 Å². The molecule has 0 fully saturated rings. The quantitative estimate of drug-likeness (QED) is 0.513. The molecule has 0 amide bonds. The van der Waals surface area contributed by atoms with Crippen LogP contribution >= 0.6 is 11.8 Å². The highest BCUT2D eigenvalue weighted by atomic mass is 32.2. The van der Waals surface area contributed by atoms with Crippen LogP contribution in [0, 0.1) is 0 Å². The fourth-order valence-electron chi connectivity index (χ4n) is 1.41. The van der Waals surface area contributed by atoms with Gasteiger partial charge in [-0.05, 0) is 12.8 Å². The van der Waals surface area contributed by atoms with Crippen LogP contribution in [0.5, 0.6) is 0 Å². The number of unbranched alkanes of at least 4 members (excludes halogenated alkanes) is 2. The van der Waals surface area contributed by atoms with E-state index in [9.17, 15) is 16.8 Å². The first-order chi connectivity index (χ1) is 8.83. The molecule has 0 aliphatic rings. The molecule has 0 bridgehead atoms. The summed E-state index contributed by atoms with van der Waals surface area (Å²) in [6, 6.07) is 0. The Labute approximate surface area is 122 Å². The molecule has 0 saturated heterocycles. The zero-order valence-electron chi connectivity index (χ0n) is 11.9. The van der Waals surface area contributed by atoms with Crippen LogP contribution in [0.25, 0.3) is 0 Å². The van der Waals surface area contributed by atoms with Crippen molar-refractivity contribution in [2.24, 2.45) is 0 Å². The van der Waals surface area contributed by atoms with Crippen molar-refractivity contribution in [2.75, 3.05) is 34.5 Å². The van der Waals surface area contributed by atoms with Gasteiger partial charge in [0, 0.05) is 11.5 Å². The average Bonchev–Trinajstić information content (AvgIpc) is 2.33. The molecule has 0 aliphatic carbocycles. The van der Waals surface area contributed by atoms with Gasteiger partial charge in [-0.15, -0.1) is 0 Å². The summed E-state index contributed by atoms with van der Waals surface area (Å²) >= 11 is 1.42. The van der Waals surface area contributed by atoms with Crippen LogP contribution < -0.4 is 0 Å². The predicted molar refractivity (Wildman–Crippen MR) is 84.4 cm³/mol. The minimum Gasteiger partial charge on any atom is -0.229 e. The van der Waals surface area contributed by atoms with Crippen LogP contribution in [-0.2, 0) is 19.7 Å². The summed E-state index contributed by atoms with van der Waals surface area (Å²) in [4.78, 5) is 0. The van der Waals surface area contributed by atoms with Crippen LogP contribution in [0.3, 0.4) is 0 Å². The first-order valence-electron chi connectivity index (χ1n) is 6.81. The largest absolute Gasteiger partial charge is 0.229 e. The summed E-state index contributed by atoms with van der Waals surface area (Å²) in [6.45, 7) is 3.93. The number of sulfone groups is 2. The van der Waals surface area contributed by atoms with E-state index < -0.39 is 19.7 Å². The number of hydrogen-bond acceptors (Lipinski definition) is 5. The van der Waals surface area contributed by atoms with Crippen LogP contribution in [-0.4, -0.2) is 51.4 Å². The molecule has 0 aromatic rings. The van der Waals surface area contributed by atoms with Gasteiger partial charge >= 0.3 is 0 Å². The lowest BCUT2D eigenvalue weighted by Crippen LogP contribution is -2.15. The Hall–Kier alpha value is 0.250. The third-order valence-electron chi connectivity index (χ3n) is 2.70. The maximum atomic E-state index is 11.6. The van der Waals surface area contributed by atoms with E-state index in [1.54, 1.807) is 0 Å². The summed E-state index contributed by atoms with van der Waals surface area (Å²) < 4.78 is 46.2. The van der Waals surface area contributed by atoms with Gasteiger partial charge in [0.05, 0.1) is 23.0 Å². The highest BCUT2D eigenvalue weighted by molar-refractivity contribution is 8.01. The van der Waals surface area contributed by atoms with E-state index in [0.717, 1.165) is 12.8 Å². The molecule has 0 spiro atoms. The van der Waals surface area contributed by atoms with E-state index in [1.807, 2.05) is 13.8 Å². The second-order valence-corrected chi connectivity index (χ2v) is 10.5. The minimum atomic E-state index is -2.94. The molecule has 0 aliphatic heterocycles. The first kappa shape index (κ1) is 19.2. The summed E-state index contributed by atoms with van der Waals surface area (Å²) in [7, 11) is -5.89. The molecule has 4 nitrogen and oxygen atoms in total. The Bertz CT molecular complexity index is 372. The van der Waals surface area contributed by atoms with Gasteiger partial charge < -0.3 is 0 Å². The Morgan fingerprint density at radius 2 is 1.05 bits per heavy atom. The SMILES string of the molecule is CCCCS(=O)(=O)CCSCCS(=O)(=O)CCCC. The predicted octanol–water partition coefficient (Wildman–Crippen LogP) is 2.15. The summed E-state index contributed by atoms with van der Waals surface area (Å²) in [5.41, 5.74) is 0. The third-order valence-corrected chi connectivity index (χ3v) is 7.67. The molecule has 0 aromatic heterocycles. The fraction of sp³-hybridized carbons (Fsp3) is 1.00. The molecule has 0 N–H and O–H groups in total. The Morgan fingerprint density at radius 1 is 0.684 bits per heavy atom. The normalized spacial score (nSPS) is 12.7. The van der Waals surface area contributed by atoms with E-state index in [4.69, 9.17) is 0 Å². The Kier molecular flexibility index (Phi) is 10.2. The van der Waals surface area contributed by atoms with Crippen molar-refractivity contribution in [3.05, 3.63) is 0 Å². The summed E-state index contributed by atoms with van der Waals surface area (Å²) in [5, 5.41) is 0. The van der Waals surface area contributed by atoms with E-state index >= 15 is 0 Å². The van der Waals surface area contributed by atoms with Gasteiger partial charge in [-0.2, -0.15) is 11.8 Å². The standard InChI is InChI=1S/C12H26O4S3/c1-3-5-9-18(13,14)11-7-17-8-12-19(15,16)10-6-4-2/h3-12H2,1-2H3. The second-order valence-electron chi connectivity index (χ2n) is 4.62. The van der Waals surface area contributed by atoms with Crippen molar-refractivity contribution in [2.45, 2.75) is 39.5 Å². The molecule has 0 aromatic carbocycles. The third kappa shape index (κ3) is 11.8. The zero-order valence-corrected chi connectivity index (χ0v) is 14.4. The minimum absolute atomic E-state index is 0.159. The molecule has 116 valence electrons. The number of hydrogen-bond donors (Lipinski definition) is 0. The van der Waals surface area contributed by atoms with Crippen molar-refractivity contribution in [1.29, 1.82) is 0 Å². The highest BCUT2D eigenvalue weighted by Crippen LogP contribution is 2.07. The summed E-state index contributed by atoms with van der Waals surface area (Å²) in [6.07, 6.45) is 3.17. The van der Waals surface area contributed by atoms with Gasteiger partial charge in [0.25, 0.3) is 0 Å². The number of rotatable bonds is 12. The van der Waals surface area contributed by atoms with Gasteiger partial charge in [0.15, 0.2) is 19.7 Å². The monoisotopic (exact) mass is 330 g/mol. The fourth-order valence-corrected chi connectivity index (χ4v) is 6.45. The highest BCUT2D eigenvalue weighted by Gasteiger charge is 2.12. The molecule has 0 rings (SSSR count). The van der Waals surface area contributed by atoms with Crippen molar-refractivity contribution >= 4 is 31.4 Å². The van der Waals surface area contributed by atoms with Crippen molar-refractivity contribution in [3.63, 3.8) is 0 Å². The zero-order chi connectivity index (χ0) is 14.8. The topological polar surface area (TPSA) is 68.3 Å². The van der Waals surface area contributed by atoms with Crippen LogP contribution in [0.15, 0.2) is 0 Å². The second kappa shape index (κ2) is 10.0. The molecular weight excluding hydrogens is 304 g/mol. The van der Waals surface area contributed by atoms with Gasteiger partial charge in [-0.3, -0.25) is 0 Å². The van der Waals surface area contributed by atoms with Crippen molar-refractivity contribution in [3.8, 4) is 0 Å². The molecule has 0 heterocycles. The lowest BCUT2D eigenvalue weighted by Gasteiger charge is -2.05. The van der Waals surface area contributed by atoms with E-state index in [-0.39, 0.29) is 23.0 Å². The van der Waals surface area contributed by atoms with Gasteiger partial charge in [0.1, 0.15) is 0 Å². The lowest BCUT2D eigenvalue weighted by atomic mass is 10.4. The maximum absolute atomic E-state index is 11.6. The van der Waals surface area contributed by atoms with Gasteiger partial charge in [0.2, 0.25) is 0 Å². The smallest absolute Gasteiger partial charge is 0.151 e. The Morgan fingerprint density at radius 3 is 1.37 bits per heavy atom. The molecule has 0 atom stereocenters. The molecule has 19 heavy (non-hydrogen) atoms. The van der Waals surface area contributed by atoms with E-state index in [2.05, 4.69) is 0 Å². The van der Waals surface area contributed by atoms with Crippen molar-refractivity contribution < 1.29 is 16.8 Å². The Balaban J connectivity index is 3.76. The molecule has 0 saturated carbocycles. The first-order valence-corrected chi connectivity index (χ1v) is 11.6. The van der Waals surface area contributed by atoms with Crippen molar-refractivity contribution in [1.82, 2.24) is 0 Å².